The molecular weight excluding hydrogens is 336 g/mol. The predicted octanol–water partition coefficient (Wildman–Crippen LogP) is 2.81. The second-order valence-electron chi connectivity index (χ2n) is 5.24. The summed E-state index contributed by atoms with van der Waals surface area (Å²) >= 11 is 2.43. The number of nitrogens with one attached hydrogen (secondary N) is 2. The van der Waals surface area contributed by atoms with Crippen molar-refractivity contribution in [3.8, 4) is 0 Å². The zero-order valence-electron chi connectivity index (χ0n) is 13.7. The maximum absolute atomic E-state index is 11.8. The third-order valence-corrected chi connectivity index (χ3v) is 4.87. The Morgan fingerprint density at radius 1 is 1.35 bits per heavy atom. The third-order valence-electron chi connectivity index (χ3n) is 2.93. The Morgan fingerprint density at radius 2 is 2.09 bits per heavy atom. The van der Waals surface area contributed by atoms with Crippen molar-refractivity contribution >= 4 is 40.3 Å². The Kier molecular flexibility index (Phi) is 8.97. The number of urea groups is 1. The number of carboxylic acids is 1. The second-order valence-corrected chi connectivity index (χ2v) is 7.09. The molecule has 9 heteroatoms. The number of rotatable bonds is 10. The minimum atomic E-state index is -1.07. The van der Waals surface area contributed by atoms with Gasteiger partial charge < -0.3 is 15.3 Å². The number of hydrogen-bond acceptors (Lipinski definition) is 6. The standard InChI is InChI=1S/C14H24N4O3S2/c1-4-5-6-9-22-12-10(13(19)20)11(23-17-12)16-14(21)15-7-8-18(2)3/h4-9H2,1-3H3,(H,19,20)(H2,15,16,21). The van der Waals surface area contributed by atoms with Crippen LogP contribution in [0.25, 0.3) is 0 Å². The lowest BCUT2D eigenvalue weighted by molar-refractivity contribution is 0.0694. The highest BCUT2D eigenvalue weighted by Gasteiger charge is 2.22. The molecular formula is C14H24N4O3S2. The van der Waals surface area contributed by atoms with Crippen molar-refractivity contribution in [2.24, 2.45) is 0 Å². The number of aromatic nitrogens is 1. The SMILES string of the molecule is CCCCCSc1nsc(NC(=O)NCCN(C)C)c1C(=O)O. The summed E-state index contributed by atoms with van der Waals surface area (Å²) in [5.41, 5.74) is 0.0826. The van der Waals surface area contributed by atoms with E-state index in [0.29, 0.717) is 18.1 Å². The van der Waals surface area contributed by atoms with Gasteiger partial charge in [0.25, 0.3) is 0 Å². The Morgan fingerprint density at radius 3 is 2.70 bits per heavy atom. The van der Waals surface area contributed by atoms with Crippen LogP contribution in [0.2, 0.25) is 0 Å². The van der Waals surface area contributed by atoms with Crippen LogP contribution in [-0.4, -0.2) is 59.3 Å². The fourth-order valence-electron chi connectivity index (χ4n) is 1.71. The molecule has 0 bridgehead atoms. The quantitative estimate of drug-likeness (QED) is 0.439. The molecule has 0 saturated carbocycles. The second kappa shape index (κ2) is 10.5. The molecule has 1 rings (SSSR count). The number of carbonyl (C=O) groups excluding carboxylic acids is 1. The molecule has 0 aliphatic carbocycles. The maximum atomic E-state index is 11.8. The van der Waals surface area contributed by atoms with Crippen LogP contribution in [0.1, 0.15) is 36.5 Å². The van der Waals surface area contributed by atoms with E-state index < -0.39 is 12.0 Å². The molecule has 2 amide bonds. The Labute approximate surface area is 145 Å². The number of hydrogen-bond donors (Lipinski definition) is 3. The number of likely N-dealkylation sites (N-methyl/N-ethyl adjacent to an activating group) is 1. The van der Waals surface area contributed by atoms with Gasteiger partial charge in [0.05, 0.1) is 0 Å². The van der Waals surface area contributed by atoms with Gasteiger partial charge >= 0.3 is 12.0 Å². The number of amides is 2. The van der Waals surface area contributed by atoms with Crippen molar-refractivity contribution in [1.29, 1.82) is 0 Å². The molecule has 0 aromatic carbocycles. The number of thioether (sulfide) groups is 1. The fraction of sp³-hybridized carbons (Fsp3) is 0.643. The number of unbranched alkanes of at least 4 members (excludes halogenated alkanes) is 2. The van der Waals surface area contributed by atoms with E-state index in [-0.39, 0.29) is 10.6 Å². The van der Waals surface area contributed by atoms with Crippen molar-refractivity contribution in [2.45, 2.75) is 31.2 Å². The summed E-state index contributed by atoms with van der Waals surface area (Å²) in [6, 6.07) is -0.416. The number of aromatic carboxylic acids is 1. The highest BCUT2D eigenvalue weighted by molar-refractivity contribution is 7.99. The first-order valence-electron chi connectivity index (χ1n) is 7.51. The van der Waals surface area contributed by atoms with Crippen LogP contribution in [0.5, 0.6) is 0 Å². The topological polar surface area (TPSA) is 94.6 Å². The van der Waals surface area contributed by atoms with Crippen molar-refractivity contribution in [3.63, 3.8) is 0 Å². The van der Waals surface area contributed by atoms with E-state index in [1.807, 2.05) is 19.0 Å². The van der Waals surface area contributed by atoms with Crippen molar-refractivity contribution < 1.29 is 14.7 Å². The molecule has 1 heterocycles. The molecule has 0 radical (unpaired) electrons. The number of nitrogens with zero attached hydrogens (tertiary/aromatic N) is 2. The maximum Gasteiger partial charge on any atom is 0.341 e. The molecule has 3 N–H and O–H groups in total. The van der Waals surface area contributed by atoms with Crippen LogP contribution in [0.3, 0.4) is 0 Å². The summed E-state index contributed by atoms with van der Waals surface area (Å²) in [7, 11) is 3.82. The number of carbonyl (C=O) groups is 2. The molecule has 0 saturated heterocycles. The van der Waals surface area contributed by atoms with Crippen molar-refractivity contribution in [2.75, 3.05) is 38.3 Å². The molecule has 0 aliphatic rings. The van der Waals surface area contributed by atoms with E-state index in [4.69, 9.17) is 0 Å². The lowest BCUT2D eigenvalue weighted by Gasteiger charge is -2.10. The Bertz CT molecular complexity index is 520. The van der Waals surface area contributed by atoms with Gasteiger partial charge in [-0.1, -0.05) is 19.8 Å². The first-order chi connectivity index (χ1) is 11.0. The molecule has 130 valence electrons. The number of carboxylic acid groups (broad SMARTS) is 1. The first kappa shape index (κ1) is 19.7. The molecule has 1 aromatic rings. The van der Waals surface area contributed by atoms with Gasteiger partial charge in [-0.05, 0) is 37.8 Å². The van der Waals surface area contributed by atoms with Crippen LogP contribution in [-0.2, 0) is 0 Å². The molecule has 0 fully saturated rings. The van der Waals surface area contributed by atoms with E-state index in [9.17, 15) is 14.7 Å². The van der Waals surface area contributed by atoms with E-state index in [1.165, 1.54) is 11.8 Å². The van der Waals surface area contributed by atoms with Crippen molar-refractivity contribution in [1.82, 2.24) is 14.6 Å². The van der Waals surface area contributed by atoms with Crippen LogP contribution in [0, 0.1) is 0 Å². The average Bonchev–Trinajstić information content (AvgIpc) is 2.86. The molecule has 0 unspecified atom stereocenters. The van der Waals surface area contributed by atoms with Crippen LogP contribution < -0.4 is 10.6 Å². The molecule has 0 spiro atoms. The smallest absolute Gasteiger partial charge is 0.341 e. The van der Waals surface area contributed by atoms with Crippen molar-refractivity contribution in [3.05, 3.63) is 5.56 Å². The zero-order valence-corrected chi connectivity index (χ0v) is 15.4. The van der Waals surface area contributed by atoms with E-state index in [0.717, 1.165) is 36.5 Å². The molecule has 0 atom stereocenters. The average molecular weight is 361 g/mol. The van der Waals surface area contributed by atoms with Gasteiger partial charge in [0.1, 0.15) is 15.6 Å². The summed E-state index contributed by atoms with van der Waals surface area (Å²) in [6.45, 7) is 3.31. The normalized spacial score (nSPS) is 10.8. The van der Waals surface area contributed by atoms with Crippen LogP contribution in [0.4, 0.5) is 9.80 Å². The minimum Gasteiger partial charge on any atom is -0.477 e. The van der Waals surface area contributed by atoms with Crippen LogP contribution >= 0.6 is 23.3 Å². The van der Waals surface area contributed by atoms with Gasteiger partial charge in [-0.15, -0.1) is 11.8 Å². The lowest BCUT2D eigenvalue weighted by atomic mass is 10.3. The van der Waals surface area contributed by atoms with Crippen LogP contribution in [0.15, 0.2) is 5.03 Å². The monoisotopic (exact) mass is 360 g/mol. The predicted molar refractivity (Wildman–Crippen MR) is 94.9 cm³/mol. The van der Waals surface area contributed by atoms with Gasteiger partial charge in [-0.25, -0.2) is 9.59 Å². The van der Waals surface area contributed by atoms with Gasteiger partial charge in [0.2, 0.25) is 0 Å². The molecule has 23 heavy (non-hydrogen) atoms. The summed E-state index contributed by atoms with van der Waals surface area (Å²) in [5, 5.41) is 15.4. The summed E-state index contributed by atoms with van der Waals surface area (Å²) in [5.74, 6) is -0.243. The van der Waals surface area contributed by atoms with Gasteiger partial charge in [-0.2, -0.15) is 4.37 Å². The Hall–Kier alpha value is -1.32. The van der Waals surface area contributed by atoms with E-state index >= 15 is 0 Å². The summed E-state index contributed by atoms with van der Waals surface area (Å²) < 4.78 is 4.17. The summed E-state index contributed by atoms with van der Waals surface area (Å²) in [6.07, 6.45) is 3.24. The highest BCUT2D eigenvalue weighted by atomic mass is 32.2. The highest BCUT2D eigenvalue weighted by Crippen LogP contribution is 2.32. The molecule has 1 aromatic heterocycles. The van der Waals surface area contributed by atoms with E-state index in [1.54, 1.807) is 0 Å². The Balaban J connectivity index is 2.62. The fourth-order valence-corrected chi connectivity index (χ4v) is 3.65. The largest absolute Gasteiger partial charge is 0.477 e. The zero-order chi connectivity index (χ0) is 17.2. The van der Waals surface area contributed by atoms with Gasteiger partial charge in [0.15, 0.2) is 0 Å². The van der Waals surface area contributed by atoms with E-state index in [2.05, 4.69) is 21.9 Å². The van der Waals surface area contributed by atoms with Gasteiger partial charge in [-0.3, -0.25) is 5.32 Å². The lowest BCUT2D eigenvalue weighted by Crippen LogP contribution is -2.34. The third kappa shape index (κ3) is 7.19. The number of anilines is 1. The van der Waals surface area contributed by atoms with Gasteiger partial charge in [0, 0.05) is 13.1 Å². The minimum absolute atomic E-state index is 0.0826. The molecule has 7 nitrogen and oxygen atoms in total. The molecule has 0 aliphatic heterocycles. The summed E-state index contributed by atoms with van der Waals surface area (Å²) in [4.78, 5) is 25.2. The first-order valence-corrected chi connectivity index (χ1v) is 9.27.